The lowest BCUT2D eigenvalue weighted by molar-refractivity contribution is -0.134. The summed E-state index contributed by atoms with van der Waals surface area (Å²) in [6.07, 6.45) is 4.69. The lowest BCUT2D eigenvalue weighted by Crippen LogP contribution is -2.52. The van der Waals surface area contributed by atoms with E-state index >= 15 is 0 Å². The number of piperidine rings is 1. The highest BCUT2D eigenvalue weighted by atomic mass is 16.5. The molecule has 2 aliphatic heterocycles. The molecule has 2 fully saturated rings. The van der Waals surface area contributed by atoms with Crippen LogP contribution in [-0.2, 0) is 9.59 Å². The highest BCUT2D eigenvalue weighted by Gasteiger charge is 2.41. The normalized spacial score (nSPS) is 27.4. The number of nitrogens with one attached hydrogen (secondary N) is 2. The van der Waals surface area contributed by atoms with Crippen LogP contribution in [0.3, 0.4) is 0 Å². The first-order chi connectivity index (χ1) is 14.0. The molecule has 2 heterocycles. The fourth-order valence-corrected chi connectivity index (χ4v) is 4.69. The van der Waals surface area contributed by atoms with E-state index < -0.39 is 5.60 Å². The molecule has 3 aliphatic rings. The first-order valence-corrected chi connectivity index (χ1v) is 10.6. The molecule has 0 unspecified atom stereocenters. The van der Waals surface area contributed by atoms with Gasteiger partial charge in [-0.25, -0.2) is 0 Å². The van der Waals surface area contributed by atoms with Gasteiger partial charge >= 0.3 is 0 Å². The van der Waals surface area contributed by atoms with Gasteiger partial charge in [0, 0.05) is 32.0 Å². The number of fused-ring (bicyclic) bond motifs is 1. The Hall–Kier alpha value is -2.57. The SMILES string of the molecule is CC(=O)N1CCC(C(=O)NC2CCC3(CC2)CNC(=O)c2ccccc2O3)CC1. The van der Waals surface area contributed by atoms with Gasteiger partial charge in [0.25, 0.3) is 5.91 Å². The Labute approximate surface area is 171 Å². The summed E-state index contributed by atoms with van der Waals surface area (Å²) in [6, 6.07) is 7.49. The fourth-order valence-electron chi connectivity index (χ4n) is 4.69. The van der Waals surface area contributed by atoms with E-state index in [2.05, 4.69) is 10.6 Å². The third-order valence-corrected chi connectivity index (χ3v) is 6.58. The maximum Gasteiger partial charge on any atom is 0.255 e. The summed E-state index contributed by atoms with van der Waals surface area (Å²) in [7, 11) is 0. The summed E-state index contributed by atoms with van der Waals surface area (Å²) in [4.78, 5) is 38.2. The van der Waals surface area contributed by atoms with Gasteiger partial charge in [0.15, 0.2) is 0 Å². The fraction of sp³-hybridized carbons (Fsp3) is 0.591. The molecular weight excluding hydrogens is 370 g/mol. The Kier molecular flexibility index (Phi) is 5.48. The first kappa shape index (κ1) is 19.7. The van der Waals surface area contributed by atoms with Gasteiger partial charge in [0.05, 0.1) is 12.1 Å². The maximum absolute atomic E-state index is 12.7. The van der Waals surface area contributed by atoms with Crippen molar-refractivity contribution in [2.45, 2.75) is 57.1 Å². The van der Waals surface area contributed by atoms with E-state index in [1.165, 1.54) is 0 Å². The van der Waals surface area contributed by atoms with Gasteiger partial charge in [-0.3, -0.25) is 14.4 Å². The van der Waals surface area contributed by atoms with Crippen LogP contribution in [0, 0.1) is 5.92 Å². The van der Waals surface area contributed by atoms with E-state index in [4.69, 9.17) is 4.74 Å². The second-order valence-corrected chi connectivity index (χ2v) is 8.53. The zero-order valence-corrected chi connectivity index (χ0v) is 16.9. The van der Waals surface area contributed by atoms with Crippen LogP contribution in [0.1, 0.15) is 55.8 Å². The highest BCUT2D eigenvalue weighted by molar-refractivity contribution is 5.97. The second kappa shape index (κ2) is 8.05. The topological polar surface area (TPSA) is 87.7 Å². The van der Waals surface area contributed by atoms with Crippen molar-refractivity contribution in [1.29, 1.82) is 0 Å². The lowest BCUT2D eigenvalue weighted by Gasteiger charge is -2.40. The summed E-state index contributed by atoms with van der Waals surface area (Å²) < 4.78 is 6.33. The standard InChI is InChI=1S/C22H29N3O4/c1-15(26)25-12-8-16(9-13-25)20(27)24-17-6-10-22(11-7-17)14-23-21(28)18-4-2-3-5-19(18)29-22/h2-5,16-17H,6-14H2,1H3,(H,23,28)(H,24,27). The van der Waals surface area contributed by atoms with Crippen molar-refractivity contribution in [2.24, 2.45) is 5.92 Å². The van der Waals surface area contributed by atoms with Crippen LogP contribution in [0.15, 0.2) is 24.3 Å². The molecule has 0 aromatic heterocycles. The first-order valence-electron chi connectivity index (χ1n) is 10.6. The van der Waals surface area contributed by atoms with E-state index in [0.29, 0.717) is 30.9 Å². The number of likely N-dealkylation sites (tertiary alicyclic amines) is 1. The highest BCUT2D eigenvalue weighted by Crippen LogP contribution is 2.36. The average molecular weight is 399 g/mol. The minimum atomic E-state index is -0.406. The smallest absolute Gasteiger partial charge is 0.255 e. The van der Waals surface area contributed by atoms with Gasteiger partial charge in [0.1, 0.15) is 11.4 Å². The molecule has 29 heavy (non-hydrogen) atoms. The van der Waals surface area contributed by atoms with Crippen molar-refractivity contribution in [3.8, 4) is 5.75 Å². The van der Waals surface area contributed by atoms with Gasteiger partial charge in [-0.15, -0.1) is 0 Å². The summed E-state index contributed by atoms with van der Waals surface area (Å²) in [5, 5.41) is 6.21. The van der Waals surface area contributed by atoms with Gasteiger partial charge in [-0.2, -0.15) is 0 Å². The van der Waals surface area contributed by atoms with Crippen molar-refractivity contribution in [2.75, 3.05) is 19.6 Å². The molecule has 0 atom stereocenters. The van der Waals surface area contributed by atoms with Crippen LogP contribution in [0.4, 0.5) is 0 Å². The third-order valence-electron chi connectivity index (χ3n) is 6.58. The molecule has 3 amide bonds. The van der Waals surface area contributed by atoms with Crippen molar-refractivity contribution >= 4 is 17.7 Å². The maximum atomic E-state index is 12.7. The third kappa shape index (κ3) is 4.23. The molecule has 0 radical (unpaired) electrons. The minimum Gasteiger partial charge on any atom is -0.485 e. The molecule has 1 spiro atoms. The van der Waals surface area contributed by atoms with Crippen LogP contribution in [0.2, 0.25) is 0 Å². The molecule has 1 saturated heterocycles. The van der Waals surface area contributed by atoms with E-state index in [-0.39, 0.29) is 29.7 Å². The average Bonchev–Trinajstić information content (AvgIpc) is 2.87. The number of carbonyl (C=O) groups excluding carboxylic acids is 3. The van der Waals surface area contributed by atoms with Crippen molar-refractivity contribution in [1.82, 2.24) is 15.5 Å². The number of benzene rings is 1. The van der Waals surface area contributed by atoms with Crippen LogP contribution in [0.5, 0.6) is 5.75 Å². The molecule has 4 rings (SSSR count). The van der Waals surface area contributed by atoms with E-state index in [0.717, 1.165) is 38.5 Å². The van der Waals surface area contributed by atoms with Crippen molar-refractivity contribution in [3.63, 3.8) is 0 Å². The Morgan fingerprint density at radius 1 is 1.14 bits per heavy atom. The number of carbonyl (C=O) groups is 3. The Balaban J connectivity index is 1.31. The van der Waals surface area contributed by atoms with Crippen LogP contribution in [0.25, 0.3) is 0 Å². The quantitative estimate of drug-likeness (QED) is 0.795. The van der Waals surface area contributed by atoms with Crippen LogP contribution in [-0.4, -0.2) is 53.9 Å². The Bertz CT molecular complexity index is 793. The summed E-state index contributed by atoms with van der Waals surface area (Å²) in [5.74, 6) is 0.724. The molecule has 7 heteroatoms. The summed E-state index contributed by atoms with van der Waals surface area (Å²) in [5.41, 5.74) is 0.174. The van der Waals surface area contributed by atoms with E-state index in [1.807, 2.05) is 23.1 Å². The number of nitrogens with zero attached hydrogens (tertiary/aromatic N) is 1. The zero-order chi connectivity index (χ0) is 20.4. The molecule has 156 valence electrons. The molecule has 7 nitrogen and oxygen atoms in total. The molecule has 1 saturated carbocycles. The number of amides is 3. The lowest BCUT2D eigenvalue weighted by atomic mass is 9.81. The predicted octanol–water partition coefficient (Wildman–Crippen LogP) is 1.86. The molecule has 1 aromatic rings. The largest absolute Gasteiger partial charge is 0.485 e. The number of ether oxygens (including phenoxy) is 1. The van der Waals surface area contributed by atoms with Gasteiger partial charge in [-0.05, 0) is 50.7 Å². The number of hydrogen-bond acceptors (Lipinski definition) is 4. The molecule has 2 N–H and O–H groups in total. The number of hydrogen-bond donors (Lipinski definition) is 2. The minimum absolute atomic E-state index is 0.0122. The summed E-state index contributed by atoms with van der Waals surface area (Å²) >= 11 is 0. The van der Waals surface area contributed by atoms with Crippen molar-refractivity contribution < 1.29 is 19.1 Å². The molecule has 1 aromatic carbocycles. The number of rotatable bonds is 2. The van der Waals surface area contributed by atoms with Gasteiger partial charge in [-0.1, -0.05) is 12.1 Å². The molecule has 0 bridgehead atoms. The van der Waals surface area contributed by atoms with Gasteiger partial charge in [0.2, 0.25) is 11.8 Å². The predicted molar refractivity (Wildman–Crippen MR) is 108 cm³/mol. The zero-order valence-electron chi connectivity index (χ0n) is 16.9. The van der Waals surface area contributed by atoms with E-state index in [1.54, 1.807) is 13.0 Å². The monoisotopic (exact) mass is 399 g/mol. The van der Waals surface area contributed by atoms with E-state index in [9.17, 15) is 14.4 Å². The van der Waals surface area contributed by atoms with Gasteiger partial charge < -0.3 is 20.3 Å². The Morgan fingerprint density at radius 3 is 2.52 bits per heavy atom. The van der Waals surface area contributed by atoms with Crippen LogP contribution >= 0.6 is 0 Å². The molecular formula is C22H29N3O4. The number of para-hydroxylation sites is 1. The van der Waals surface area contributed by atoms with Crippen LogP contribution < -0.4 is 15.4 Å². The molecule has 1 aliphatic carbocycles. The van der Waals surface area contributed by atoms with Crippen molar-refractivity contribution in [3.05, 3.63) is 29.8 Å². The second-order valence-electron chi connectivity index (χ2n) is 8.53. The Morgan fingerprint density at radius 2 is 1.83 bits per heavy atom. The summed E-state index contributed by atoms with van der Waals surface area (Å²) in [6.45, 7) is 3.39.